The SMILES string of the molecule is CCOc1nccc(C)n1.Cc1ccnc(C)n1. The highest BCUT2D eigenvalue weighted by atomic mass is 16.5. The lowest BCUT2D eigenvalue weighted by atomic mass is 10.4. The minimum Gasteiger partial charge on any atom is -0.464 e. The van der Waals surface area contributed by atoms with Crippen LogP contribution < -0.4 is 4.74 Å². The minimum absolute atomic E-state index is 0.461. The van der Waals surface area contributed by atoms with Gasteiger partial charge in [0.2, 0.25) is 0 Å². The second-order valence-corrected chi connectivity index (χ2v) is 3.66. The first-order chi connectivity index (χ1) is 8.61. The van der Waals surface area contributed by atoms with Crippen molar-refractivity contribution < 1.29 is 4.74 Å². The maximum Gasteiger partial charge on any atom is 0.316 e. The quantitative estimate of drug-likeness (QED) is 0.813. The second-order valence-electron chi connectivity index (χ2n) is 3.66. The first-order valence-corrected chi connectivity index (χ1v) is 5.80. The van der Waals surface area contributed by atoms with E-state index < -0.39 is 0 Å². The van der Waals surface area contributed by atoms with Gasteiger partial charge in [0.15, 0.2) is 0 Å². The fourth-order valence-corrected chi connectivity index (χ4v) is 1.20. The van der Waals surface area contributed by atoms with Gasteiger partial charge in [0.25, 0.3) is 0 Å². The van der Waals surface area contributed by atoms with Gasteiger partial charge in [-0.2, -0.15) is 0 Å². The van der Waals surface area contributed by atoms with Gasteiger partial charge in [0.1, 0.15) is 5.82 Å². The predicted octanol–water partition coefficient (Wildman–Crippen LogP) is 2.28. The second kappa shape index (κ2) is 7.32. The van der Waals surface area contributed by atoms with Crippen LogP contribution in [0.4, 0.5) is 0 Å². The van der Waals surface area contributed by atoms with Crippen molar-refractivity contribution in [3.8, 4) is 6.01 Å². The van der Waals surface area contributed by atoms with Gasteiger partial charge in [-0.3, -0.25) is 0 Å². The molecule has 0 bridgehead atoms. The molecule has 0 aromatic carbocycles. The number of ether oxygens (including phenoxy) is 1. The molecule has 2 heterocycles. The zero-order valence-electron chi connectivity index (χ0n) is 11.2. The van der Waals surface area contributed by atoms with Gasteiger partial charge >= 0.3 is 6.01 Å². The largest absolute Gasteiger partial charge is 0.464 e. The Morgan fingerprint density at radius 3 is 2.00 bits per heavy atom. The highest BCUT2D eigenvalue weighted by molar-refractivity contribution is 5.02. The number of aromatic nitrogens is 4. The van der Waals surface area contributed by atoms with E-state index in [-0.39, 0.29) is 0 Å². The lowest BCUT2D eigenvalue weighted by Gasteiger charge is -1.98. The van der Waals surface area contributed by atoms with E-state index in [2.05, 4.69) is 19.9 Å². The van der Waals surface area contributed by atoms with Crippen LogP contribution in [-0.2, 0) is 0 Å². The Balaban J connectivity index is 0.000000184. The molecule has 0 amide bonds. The summed E-state index contributed by atoms with van der Waals surface area (Å²) in [5.41, 5.74) is 1.95. The van der Waals surface area contributed by atoms with Crippen LogP contribution in [0.3, 0.4) is 0 Å². The summed E-state index contributed by atoms with van der Waals surface area (Å²) in [5, 5.41) is 0. The van der Waals surface area contributed by atoms with E-state index >= 15 is 0 Å². The van der Waals surface area contributed by atoms with Crippen molar-refractivity contribution >= 4 is 0 Å². The van der Waals surface area contributed by atoms with E-state index in [0.717, 1.165) is 17.2 Å². The Labute approximate surface area is 107 Å². The van der Waals surface area contributed by atoms with E-state index in [9.17, 15) is 0 Å². The fourth-order valence-electron chi connectivity index (χ4n) is 1.20. The molecular weight excluding hydrogens is 228 g/mol. The molecule has 0 aliphatic carbocycles. The first-order valence-electron chi connectivity index (χ1n) is 5.80. The van der Waals surface area contributed by atoms with Gasteiger partial charge < -0.3 is 4.74 Å². The third-order valence-corrected chi connectivity index (χ3v) is 1.96. The van der Waals surface area contributed by atoms with Crippen LogP contribution in [0.25, 0.3) is 0 Å². The molecule has 2 aromatic heterocycles. The molecule has 0 spiro atoms. The summed E-state index contributed by atoms with van der Waals surface area (Å²) in [6, 6.07) is 4.18. The summed E-state index contributed by atoms with van der Waals surface area (Å²) in [5.74, 6) is 0.838. The molecule has 0 N–H and O–H groups in total. The zero-order chi connectivity index (χ0) is 13.4. The van der Waals surface area contributed by atoms with Gasteiger partial charge in [-0.05, 0) is 39.8 Å². The van der Waals surface area contributed by atoms with E-state index in [4.69, 9.17) is 4.74 Å². The van der Waals surface area contributed by atoms with E-state index in [1.165, 1.54) is 0 Å². The van der Waals surface area contributed by atoms with Crippen molar-refractivity contribution in [1.29, 1.82) is 0 Å². The van der Waals surface area contributed by atoms with Crippen molar-refractivity contribution in [3.05, 3.63) is 41.7 Å². The Kier molecular flexibility index (Phi) is 5.70. The summed E-state index contributed by atoms with van der Waals surface area (Å²) in [6.45, 7) is 8.26. The molecule has 2 aromatic rings. The average Bonchev–Trinajstić information content (AvgIpc) is 2.30. The maximum atomic E-state index is 5.06. The summed E-state index contributed by atoms with van der Waals surface area (Å²) in [6.07, 6.45) is 3.45. The number of rotatable bonds is 2. The molecule has 0 radical (unpaired) electrons. The zero-order valence-corrected chi connectivity index (χ0v) is 11.2. The lowest BCUT2D eigenvalue weighted by Crippen LogP contribution is -1.97. The smallest absolute Gasteiger partial charge is 0.316 e. The molecule has 0 fully saturated rings. The normalized spacial score (nSPS) is 9.33. The Bertz CT molecular complexity index is 471. The average molecular weight is 246 g/mol. The minimum atomic E-state index is 0.461. The van der Waals surface area contributed by atoms with Gasteiger partial charge in [-0.1, -0.05) is 0 Å². The Morgan fingerprint density at radius 2 is 1.56 bits per heavy atom. The monoisotopic (exact) mass is 246 g/mol. The lowest BCUT2D eigenvalue weighted by molar-refractivity contribution is 0.311. The molecule has 96 valence electrons. The van der Waals surface area contributed by atoms with Gasteiger partial charge in [-0.25, -0.2) is 19.9 Å². The third kappa shape index (κ3) is 5.34. The summed E-state index contributed by atoms with van der Waals surface area (Å²) in [4.78, 5) is 15.9. The van der Waals surface area contributed by atoms with Gasteiger partial charge in [0.05, 0.1) is 6.61 Å². The van der Waals surface area contributed by atoms with Crippen molar-refractivity contribution in [2.45, 2.75) is 27.7 Å². The highest BCUT2D eigenvalue weighted by Gasteiger charge is 1.92. The van der Waals surface area contributed by atoms with Crippen molar-refractivity contribution in [1.82, 2.24) is 19.9 Å². The standard InChI is InChI=1S/C7H10N2O.C6H8N2/c1-3-10-7-8-5-4-6(2)9-7;1-5-3-4-7-6(2)8-5/h4-5H,3H2,1-2H3;3-4H,1-2H3. The maximum absolute atomic E-state index is 5.06. The molecule has 0 atom stereocenters. The van der Waals surface area contributed by atoms with E-state index in [1.807, 2.05) is 39.8 Å². The van der Waals surface area contributed by atoms with Crippen LogP contribution >= 0.6 is 0 Å². The Hall–Kier alpha value is -2.04. The molecule has 0 saturated carbocycles. The molecule has 5 nitrogen and oxygen atoms in total. The number of hydrogen-bond donors (Lipinski definition) is 0. The van der Waals surface area contributed by atoms with Crippen molar-refractivity contribution in [2.75, 3.05) is 6.61 Å². The predicted molar refractivity (Wildman–Crippen MR) is 69.4 cm³/mol. The summed E-state index contributed by atoms with van der Waals surface area (Å²) >= 11 is 0. The Morgan fingerprint density at radius 1 is 0.944 bits per heavy atom. The molecule has 18 heavy (non-hydrogen) atoms. The van der Waals surface area contributed by atoms with Crippen LogP contribution in [0, 0.1) is 20.8 Å². The van der Waals surface area contributed by atoms with Crippen LogP contribution in [0.5, 0.6) is 6.01 Å². The molecule has 2 rings (SSSR count). The summed E-state index contributed by atoms with van der Waals surface area (Å²) < 4.78 is 5.06. The van der Waals surface area contributed by atoms with Crippen LogP contribution in [0.15, 0.2) is 24.5 Å². The summed E-state index contributed by atoms with van der Waals surface area (Å²) in [7, 11) is 0. The van der Waals surface area contributed by atoms with Crippen molar-refractivity contribution in [3.63, 3.8) is 0 Å². The molecular formula is C13H18N4O. The molecule has 0 aliphatic rings. The van der Waals surface area contributed by atoms with Crippen LogP contribution in [0.2, 0.25) is 0 Å². The number of nitrogens with zero attached hydrogens (tertiary/aromatic N) is 4. The fraction of sp³-hybridized carbons (Fsp3) is 0.385. The number of hydrogen-bond acceptors (Lipinski definition) is 5. The van der Waals surface area contributed by atoms with Gasteiger partial charge in [-0.15, -0.1) is 0 Å². The van der Waals surface area contributed by atoms with E-state index in [1.54, 1.807) is 12.4 Å². The van der Waals surface area contributed by atoms with Crippen molar-refractivity contribution in [2.24, 2.45) is 0 Å². The first kappa shape index (κ1) is 14.0. The molecule has 0 aliphatic heterocycles. The van der Waals surface area contributed by atoms with E-state index in [0.29, 0.717) is 12.6 Å². The highest BCUT2D eigenvalue weighted by Crippen LogP contribution is 2.00. The van der Waals surface area contributed by atoms with Gasteiger partial charge in [0, 0.05) is 23.8 Å². The number of aryl methyl sites for hydroxylation is 3. The van der Waals surface area contributed by atoms with Crippen LogP contribution in [-0.4, -0.2) is 26.5 Å². The molecule has 0 unspecified atom stereocenters. The third-order valence-electron chi connectivity index (χ3n) is 1.96. The van der Waals surface area contributed by atoms with Crippen LogP contribution in [0.1, 0.15) is 24.1 Å². The topological polar surface area (TPSA) is 60.8 Å². The molecule has 5 heteroatoms. The molecule has 0 saturated heterocycles.